The van der Waals surface area contributed by atoms with Crippen LogP contribution in [0.15, 0.2) is 47.9 Å². The van der Waals surface area contributed by atoms with Gasteiger partial charge in [0.15, 0.2) is 5.16 Å². The maximum atomic E-state index is 12.5. The lowest BCUT2D eigenvalue weighted by Gasteiger charge is -2.15. The van der Waals surface area contributed by atoms with Gasteiger partial charge in [0, 0.05) is 19.2 Å². The highest BCUT2D eigenvalue weighted by Gasteiger charge is 2.18. The van der Waals surface area contributed by atoms with Crippen molar-refractivity contribution in [2.45, 2.75) is 23.9 Å². The second-order valence-electron chi connectivity index (χ2n) is 5.67. The van der Waals surface area contributed by atoms with Gasteiger partial charge in [0.2, 0.25) is 5.91 Å². The van der Waals surface area contributed by atoms with Crippen molar-refractivity contribution < 1.29 is 9.53 Å². The number of methoxy groups -OCH3 is 1. The molecule has 0 radical (unpaired) electrons. The Bertz CT molecular complexity index is 894. The van der Waals surface area contributed by atoms with E-state index in [1.165, 1.54) is 11.8 Å². The molecule has 0 unspecified atom stereocenters. The number of hydrogen-bond acceptors (Lipinski definition) is 5. The molecule has 1 N–H and O–H groups in total. The minimum Gasteiger partial charge on any atom is -0.496 e. The number of nitrogens with zero attached hydrogens (tertiary/aromatic N) is 3. The number of rotatable bonds is 6. The topological polar surface area (TPSA) is 69.0 Å². The standard InChI is InChI=1S/C18H20N4O2S/c1-12(25-18-21-20-11-22(18)2)17(23)19-10-15-14-7-5-4-6-13(14)8-9-16(15)24-3/h4-9,11-12H,10H2,1-3H3,(H,19,23)/t12-/m0/s1. The van der Waals surface area contributed by atoms with E-state index in [9.17, 15) is 4.79 Å². The molecule has 6 nitrogen and oxygen atoms in total. The normalized spacial score (nSPS) is 12.1. The zero-order valence-corrected chi connectivity index (χ0v) is 15.2. The van der Waals surface area contributed by atoms with E-state index in [-0.39, 0.29) is 11.2 Å². The molecule has 130 valence electrons. The van der Waals surface area contributed by atoms with E-state index in [1.54, 1.807) is 18.0 Å². The number of ether oxygens (including phenoxy) is 1. The molecule has 2 aromatic carbocycles. The molecule has 7 heteroatoms. The van der Waals surface area contributed by atoms with Crippen LogP contribution in [0, 0.1) is 0 Å². The van der Waals surface area contributed by atoms with Gasteiger partial charge in [0.1, 0.15) is 12.1 Å². The third kappa shape index (κ3) is 3.76. The zero-order chi connectivity index (χ0) is 17.8. The lowest BCUT2D eigenvalue weighted by molar-refractivity contribution is -0.120. The minimum absolute atomic E-state index is 0.0528. The molecule has 3 aromatic rings. The minimum atomic E-state index is -0.274. The first-order valence-electron chi connectivity index (χ1n) is 7.93. The van der Waals surface area contributed by atoms with Crippen molar-refractivity contribution in [2.75, 3.05) is 7.11 Å². The molecule has 25 heavy (non-hydrogen) atoms. The van der Waals surface area contributed by atoms with E-state index in [0.29, 0.717) is 11.7 Å². The van der Waals surface area contributed by atoms with Crippen LogP contribution in [0.25, 0.3) is 10.8 Å². The zero-order valence-electron chi connectivity index (χ0n) is 14.4. The van der Waals surface area contributed by atoms with Gasteiger partial charge in [-0.25, -0.2) is 0 Å². The molecule has 0 bridgehead atoms. The molecule has 0 saturated carbocycles. The van der Waals surface area contributed by atoms with Crippen molar-refractivity contribution in [1.82, 2.24) is 20.1 Å². The maximum Gasteiger partial charge on any atom is 0.233 e. The molecule has 3 rings (SSSR count). The van der Waals surface area contributed by atoms with Crippen molar-refractivity contribution in [2.24, 2.45) is 7.05 Å². The Balaban J connectivity index is 1.73. The van der Waals surface area contributed by atoms with Crippen molar-refractivity contribution in [1.29, 1.82) is 0 Å². The number of carbonyl (C=O) groups excluding carboxylic acids is 1. The summed E-state index contributed by atoms with van der Waals surface area (Å²) in [4.78, 5) is 12.5. The van der Waals surface area contributed by atoms with Crippen LogP contribution in [0.3, 0.4) is 0 Å². The van der Waals surface area contributed by atoms with E-state index in [4.69, 9.17) is 4.74 Å². The summed E-state index contributed by atoms with van der Waals surface area (Å²) in [5.41, 5.74) is 0.977. The molecule has 0 saturated heterocycles. The molecule has 0 aliphatic heterocycles. The monoisotopic (exact) mass is 356 g/mol. The van der Waals surface area contributed by atoms with Gasteiger partial charge in [-0.05, 0) is 23.8 Å². The van der Waals surface area contributed by atoms with Gasteiger partial charge >= 0.3 is 0 Å². The lowest BCUT2D eigenvalue weighted by Crippen LogP contribution is -2.30. The fraction of sp³-hybridized carbons (Fsp3) is 0.278. The summed E-state index contributed by atoms with van der Waals surface area (Å²) in [6, 6.07) is 12.0. The number of nitrogens with one attached hydrogen (secondary N) is 1. The third-order valence-corrected chi connectivity index (χ3v) is 5.13. The van der Waals surface area contributed by atoms with E-state index in [2.05, 4.69) is 15.5 Å². The van der Waals surface area contributed by atoms with Crippen LogP contribution in [0.2, 0.25) is 0 Å². The number of aromatic nitrogens is 3. The Kier molecular flexibility index (Phi) is 5.23. The number of thioether (sulfide) groups is 1. The summed E-state index contributed by atoms with van der Waals surface area (Å²) in [5.74, 6) is 0.718. The van der Waals surface area contributed by atoms with Crippen LogP contribution >= 0.6 is 11.8 Å². The Labute approximate surface area is 150 Å². The molecule has 0 fully saturated rings. The van der Waals surface area contributed by atoms with Crippen LogP contribution in [0.5, 0.6) is 5.75 Å². The second-order valence-corrected chi connectivity index (χ2v) is 6.98. The van der Waals surface area contributed by atoms with Crippen LogP contribution in [0.1, 0.15) is 12.5 Å². The van der Waals surface area contributed by atoms with Crippen molar-refractivity contribution >= 4 is 28.4 Å². The SMILES string of the molecule is COc1ccc2ccccc2c1CNC(=O)[C@H](C)Sc1nncn1C. The summed E-state index contributed by atoms with van der Waals surface area (Å²) >= 11 is 1.38. The lowest BCUT2D eigenvalue weighted by atomic mass is 10.0. The first-order chi connectivity index (χ1) is 12.1. The molecule has 1 heterocycles. The van der Waals surface area contributed by atoms with E-state index in [1.807, 2.05) is 50.4 Å². The fourth-order valence-electron chi connectivity index (χ4n) is 2.60. The number of aryl methyl sites for hydroxylation is 1. The number of fused-ring (bicyclic) bond motifs is 1. The number of amides is 1. The van der Waals surface area contributed by atoms with E-state index in [0.717, 1.165) is 22.1 Å². The van der Waals surface area contributed by atoms with Crippen molar-refractivity contribution in [3.63, 3.8) is 0 Å². The predicted molar refractivity (Wildman–Crippen MR) is 98.7 cm³/mol. The van der Waals surface area contributed by atoms with E-state index < -0.39 is 0 Å². The largest absolute Gasteiger partial charge is 0.496 e. The molecular formula is C18H20N4O2S. The summed E-state index contributed by atoms with van der Waals surface area (Å²) in [6.45, 7) is 2.27. The average Bonchev–Trinajstić information content (AvgIpc) is 3.03. The van der Waals surface area contributed by atoms with E-state index >= 15 is 0 Å². The van der Waals surface area contributed by atoms with Gasteiger partial charge in [-0.1, -0.05) is 42.1 Å². The Morgan fingerprint density at radius 2 is 2.12 bits per heavy atom. The Morgan fingerprint density at radius 3 is 2.84 bits per heavy atom. The average molecular weight is 356 g/mol. The highest BCUT2D eigenvalue weighted by atomic mass is 32.2. The number of carbonyl (C=O) groups is 1. The van der Waals surface area contributed by atoms with Gasteiger partial charge < -0.3 is 14.6 Å². The molecule has 0 spiro atoms. The van der Waals surface area contributed by atoms with Crippen LogP contribution < -0.4 is 10.1 Å². The second kappa shape index (κ2) is 7.57. The van der Waals surface area contributed by atoms with Crippen LogP contribution in [-0.4, -0.2) is 33.0 Å². The Hall–Kier alpha value is -2.54. The third-order valence-electron chi connectivity index (χ3n) is 3.98. The van der Waals surface area contributed by atoms with Gasteiger partial charge in [0.05, 0.1) is 12.4 Å². The molecule has 1 atom stereocenters. The van der Waals surface area contributed by atoms with Gasteiger partial charge in [-0.15, -0.1) is 10.2 Å². The first kappa shape index (κ1) is 17.3. The maximum absolute atomic E-state index is 12.5. The van der Waals surface area contributed by atoms with Crippen LogP contribution in [-0.2, 0) is 18.4 Å². The fourth-order valence-corrected chi connectivity index (χ4v) is 3.41. The molecular weight excluding hydrogens is 336 g/mol. The summed E-state index contributed by atoms with van der Waals surface area (Å²) in [5, 5.41) is 13.5. The van der Waals surface area contributed by atoms with Crippen molar-refractivity contribution in [3.05, 3.63) is 48.3 Å². The highest BCUT2D eigenvalue weighted by molar-refractivity contribution is 8.00. The molecule has 1 aromatic heterocycles. The van der Waals surface area contributed by atoms with Gasteiger partial charge in [-0.2, -0.15) is 0 Å². The Morgan fingerprint density at radius 1 is 1.32 bits per heavy atom. The molecule has 0 aliphatic rings. The highest BCUT2D eigenvalue weighted by Crippen LogP contribution is 2.28. The number of hydrogen-bond donors (Lipinski definition) is 1. The quantitative estimate of drug-likeness (QED) is 0.688. The summed E-state index contributed by atoms with van der Waals surface area (Å²) in [7, 11) is 3.50. The summed E-state index contributed by atoms with van der Waals surface area (Å²) in [6.07, 6.45) is 1.62. The summed E-state index contributed by atoms with van der Waals surface area (Å²) < 4.78 is 7.26. The van der Waals surface area contributed by atoms with Crippen molar-refractivity contribution in [3.8, 4) is 5.75 Å². The number of benzene rings is 2. The molecule has 1 amide bonds. The predicted octanol–water partition coefficient (Wildman–Crippen LogP) is 2.77. The van der Waals surface area contributed by atoms with Crippen LogP contribution in [0.4, 0.5) is 0 Å². The first-order valence-corrected chi connectivity index (χ1v) is 8.81. The molecule has 0 aliphatic carbocycles. The van der Waals surface area contributed by atoms with Gasteiger partial charge in [0.25, 0.3) is 0 Å². The van der Waals surface area contributed by atoms with Gasteiger partial charge in [-0.3, -0.25) is 4.79 Å². The smallest absolute Gasteiger partial charge is 0.233 e.